The maximum Gasteiger partial charge on any atom is 0.228 e. The van der Waals surface area contributed by atoms with E-state index >= 15 is 0 Å². The molecule has 0 aromatic heterocycles. The van der Waals surface area contributed by atoms with Gasteiger partial charge in [-0.25, -0.2) is 0 Å². The van der Waals surface area contributed by atoms with Crippen LogP contribution in [0.4, 0.5) is 0 Å². The molecule has 2 N–H and O–H groups in total. The summed E-state index contributed by atoms with van der Waals surface area (Å²) in [4.78, 5) is 32.0. The van der Waals surface area contributed by atoms with Gasteiger partial charge in [-0.1, -0.05) is 37.3 Å². The Morgan fingerprint density at radius 1 is 1.29 bits per heavy atom. The average Bonchev–Trinajstić information content (AvgIpc) is 3.32. The van der Waals surface area contributed by atoms with Gasteiger partial charge in [0.05, 0.1) is 5.92 Å². The third-order valence-electron chi connectivity index (χ3n) is 6.06. The summed E-state index contributed by atoms with van der Waals surface area (Å²) in [5.41, 5.74) is 6.79. The molecule has 2 unspecified atom stereocenters. The summed E-state index contributed by atoms with van der Waals surface area (Å²) in [6.45, 7) is 7.42. The number of carbonyl (C=O) groups excluding carboxylic acids is 2. The van der Waals surface area contributed by atoms with Gasteiger partial charge in [0, 0.05) is 38.6 Å². The summed E-state index contributed by atoms with van der Waals surface area (Å²) in [5.74, 6) is -0.0165. The maximum absolute atomic E-state index is 13.2. The van der Waals surface area contributed by atoms with Gasteiger partial charge >= 0.3 is 0 Å². The first kappa shape index (κ1) is 20.8. The summed E-state index contributed by atoms with van der Waals surface area (Å²) in [5, 5.41) is 0. The summed E-state index contributed by atoms with van der Waals surface area (Å²) >= 11 is 0. The molecule has 154 valence electrons. The highest BCUT2D eigenvalue weighted by Gasteiger charge is 2.38. The molecule has 28 heavy (non-hydrogen) atoms. The van der Waals surface area contributed by atoms with Crippen molar-refractivity contribution in [2.45, 2.75) is 45.2 Å². The van der Waals surface area contributed by atoms with E-state index in [0.29, 0.717) is 38.6 Å². The van der Waals surface area contributed by atoms with Crippen LogP contribution in [0.2, 0.25) is 0 Å². The topological polar surface area (TPSA) is 69.9 Å². The molecule has 2 fully saturated rings. The van der Waals surface area contributed by atoms with Crippen molar-refractivity contribution in [2.75, 3.05) is 39.3 Å². The Morgan fingerprint density at radius 3 is 2.79 bits per heavy atom. The molecule has 2 atom stereocenters. The van der Waals surface area contributed by atoms with Crippen molar-refractivity contribution < 1.29 is 9.59 Å². The van der Waals surface area contributed by atoms with E-state index in [1.165, 1.54) is 6.42 Å². The van der Waals surface area contributed by atoms with Gasteiger partial charge in [-0.3, -0.25) is 14.5 Å². The second-order valence-electron chi connectivity index (χ2n) is 8.01. The zero-order chi connectivity index (χ0) is 19.9. The molecule has 0 radical (unpaired) electrons. The summed E-state index contributed by atoms with van der Waals surface area (Å²) in [6, 6.07) is 10.5. The molecule has 2 aliphatic heterocycles. The van der Waals surface area contributed by atoms with Crippen LogP contribution in [0.3, 0.4) is 0 Å². The van der Waals surface area contributed by atoms with Crippen LogP contribution in [0.15, 0.2) is 30.3 Å². The van der Waals surface area contributed by atoms with Crippen molar-refractivity contribution in [1.82, 2.24) is 14.7 Å². The first-order valence-corrected chi connectivity index (χ1v) is 10.7. The molecule has 0 saturated carbocycles. The Balaban J connectivity index is 1.61. The second kappa shape index (κ2) is 10.0. The predicted molar refractivity (Wildman–Crippen MR) is 110 cm³/mol. The third kappa shape index (κ3) is 5.11. The average molecular weight is 387 g/mol. The van der Waals surface area contributed by atoms with E-state index in [1.807, 2.05) is 40.1 Å². The molecule has 2 saturated heterocycles. The lowest BCUT2D eigenvalue weighted by molar-refractivity contribution is -0.136. The van der Waals surface area contributed by atoms with E-state index < -0.39 is 0 Å². The molecule has 0 bridgehead atoms. The van der Waals surface area contributed by atoms with Crippen LogP contribution >= 0.6 is 0 Å². The van der Waals surface area contributed by atoms with Gasteiger partial charge in [-0.2, -0.15) is 0 Å². The third-order valence-corrected chi connectivity index (χ3v) is 6.06. The number of benzene rings is 1. The molecule has 2 aliphatic rings. The predicted octanol–water partition coefficient (Wildman–Crippen LogP) is 1.70. The van der Waals surface area contributed by atoms with Crippen LogP contribution in [-0.4, -0.2) is 71.8 Å². The van der Waals surface area contributed by atoms with Gasteiger partial charge in [0.15, 0.2) is 0 Å². The molecule has 0 spiro atoms. The molecular weight excluding hydrogens is 352 g/mol. The number of nitrogens with zero attached hydrogens (tertiary/aromatic N) is 3. The number of amides is 2. The number of rotatable bonds is 9. The van der Waals surface area contributed by atoms with Crippen LogP contribution in [0.25, 0.3) is 0 Å². The summed E-state index contributed by atoms with van der Waals surface area (Å²) in [6.07, 6.45) is 3.46. The zero-order valence-corrected chi connectivity index (χ0v) is 17.1. The monoisotopic (exact) mass is 386 g/mol. The molecule has 0 aliphatic carbocycles. The smallest absolute Gasteiger partial charge is 0.228 e. The number of likely N-dealkylation sites (N-methyl/N-ethyl adjacent to an activating group) is 1. The molecule has 2 amide bonds. The standard InChI is InChI=1S/C22H34N4O2/c1-2-24-12-6-10-20(24)17-26-16-19(14-21(26)27)22(28)25(13-7-11-23)15-18-8-4-3-5-9-18/h3-5,8-9,19-20H,2,6-7,10-17,23H2,1H3. The molecule has 6 heteroatoms. The van der Waals surface area contributed by atoms with Crippen LogP contribution in [0, 0.1) is 5.92 Å². The number of hydrogen-bond acceptors (Lipinski definition) is 4. The molecule has 6 nitrogen and oxygen atoms in total. The first-order valence-electron chi connectivity index (χ1n) is 10.7. The molecule has 1 aromatic rings. The number of nitrogens with two attached hydrogens (primary N) is 1. The Labute approximate surface area is 168 Å². The highest BCUT2D eigenvalue weighted by molar-refractivity contribution is 5.89. The van der Waals surface area contributed by atoms with Crippen molar-refractivity contribution >= 4 is 11.8 Å². The second-order valence-corrected chi connectivity index (χ2v) is 8.01. The van der Waals surface area contributed by atoms with Gasteiger partial charge in [0.2, 0.25) is 11.8 Å². The van der Waals surface area contributed by atoms with Gasteiger partial charge in [-0.15, -0.1) is 0 Å². The number of carbonyl (C=O) groups is 2. The highest BCUT2D eigenvalue weighted by atomic mass is 16.2. The minimum Gasteiger partial charge on any atom is -0.340 e. The number of likely N-dealkylation sites (tertiary alicyclic amines) is 2. The summed E-state index contributed by atoms with van der Waals surface area (Å²) in [7, 11) is 0. The molecule has 1 aromatic carbocycles. The zero-order valence-electron chi connectivity index (χ0n) is 17.1. The lowest BCUT2D eigenvalue weighted by atomic mass is 10.1. The Kier molecular flexibility index (Phi) is 7.45. The maximum atomic E-state index is 13.2. The van der Waals surface area contributed by atoms with Gasteiger partial charge in [0.25, 0.3) is 0 Å². The fourth-order valence-corrected chi connectivity index (χ4v) is 4.50. The lowest BCUT2D eigenvalue weighted by Gasteiger charge is -2.28. The molecule has 2 heterocycles. The normalized spacial score (nSPS) is 22.8. The number of hydrogen-bond donors (Lipinski definition) is 1. The van der Waals surface area contributed by atoms with Crippen molar-refractivity contribution in [1.29, 1.82) is 0 Å². The lowest BCUT2D eigenvalue weighted by Crippen LogP contribution is -2.42. The van der Waals surface area contributed by atoms with Crippen LogP contribution in [0.5, 0.6) is 0 Å². The van der Waals surface area contributed by atoms with E-state index in [9.17, 15) is 9.59 Å². The minimum atomic E-state index is -0.231. The van der Waals surface area contributed by atoms with Crippen molar-refractivity contribution in [2.24, 2.45) is 11.7 Å². The Hall–Kier alpha value is -1.92. The van der Waals surface area contributed by atoms with E-state index in [1.54, 1.807) is 0 Å². The van der Waals surface area contributed by atoms with Crippen LogP contribution in [0.1, 0.15) is 38.2 Å². The van der Waals surface area contributed by atoms with Crippen molar-refractivity contribution in [3.05, 3.63) is 35.9 Å². The van der Waals surface area contributed by atoms with Gasteiger partial charge in [0.1, 0.15) is 0 Å². The van der Waals surface area contributed by atoms with Gasteiger partial charge in [-0.05, 0) is 44.5 Å². The highest BCUT2D eigenvalue weighted by Crippen LogP contribution is 2.25. The van der Waals surface area contributed by atoms with E-state index in [-0.39, 0.29) is 17.7 Å². The first-order chi connectivity index (χ1) is 13.6. The van der Waals surface area contributed by atoms with Crippen molar-refractivity contribution in [3.8, 4) is 0 Å². The van der Waals surface area contributed by atoms with E-state index in [2.05, 4.69) is 11.8 Å². The SMILES string of the molecule is CCN1CCCC1CN1CC(C(=O)N(CCCN)Cc2ccccc2)CC1=O. The largest absolute Gasteiger partial charge is 0.340 e. The van der Waals surface area contributed by atoms with E-state index in [0.717, 1.165) is 38.0 Å². The summed E-state index contributed by atoms with van der Waals surface area (Å²) < 4.78 is 0. The van der Waals surface area contributed by atoms with Crippen molar-refractivity contribution in [3.63, 3.8) is 0 Å². The quantitative estimate of drug-likeness (QED) is 0.701. The van der Waals surface area contributed by atoms with Crippen LogP contribution < -0.4 is 5.73 Å². The van der Waals surface area contributed by atoms with Crippen LogP contribution in [-0.2, 0) is 16.1 Å². The fourth-order valence-electron chi connectivity index (χ4n) is 4.50. The Bertz CT molecular complexity index is 651. The Morgan fingerprint density at radius 2 is 2.07 bits per heavy atom. The van der Waals surface area contributed by atoms with Gasteiger partial charge < -0.3 is 15.5 Å². The minimum absolute atomic E-state index is 0.0897. The van der Waals surface area contributed by atoms with E-state index in [4.69, 9.17) is 5.73 Å². The fraction of sp³-hybridized carbons (Fsp3) is 0.636. The molecular formula is C22H34N4O2. The molecule has 3 rings (SSSR count).